The molecule has 5 rings (SSSR count). The Morgan fingerprint density at radius 1 is 1.21 bits per heavy atom. The van der Waals surface area contributed by atoms with Gasteiger partial charge in [-0.25, -0.2) is 9.67 Å². The maximum absolute atomic E-state index is 10.8. The summed E-state index contributed by atoms with van der Waals surface area (Å²) < 4.78 is 1.85. The Morgan fingerprint density at radius 2 is 2.03 bits per heavy atom. The van der Waals surface area contributed by atoms with E-state index in [1.807, 2.05) is 28.3 Å². The number of rotatable bonds is 4. The smallest absolute Gasteiger partial charge is 0.123 e. The van der Waals surface area contributed by atoms with Crippen LogP contribution in [-0.2, 0) is 6.54 Å². The molecule has 2 fully saturated rings. The van der Waals surface area contributed by atoms with E-state index >= 15 is 0 Å². The fourth-order valence-electron chi connectivity index (χ4n) is 4.81. The summed E-state index contributed by atoms with van der Waals surface area (Å²) in [5.41, 5.74) is 8.69. The van der Waals surface area contributed by atoms with Gasteiger partial charge in [0.25, 0.3) is 0 Å². The number of pyridine rings is 1. The Bertz CT molecular complexity index is 983. The van der Waals surface area contributed by atoms with Crippen LogP contribution in [0.3, 0.4) is 0 Å². The van der Waals surface area contributed by atoms with Gasteiger partial charge in [-0.3, -0.25) is 4.90 Å². The maximum Gasteiger partial charge on any atom is 0.123 e. The monoisotopic (exact) mass is 410 g/mol. The van der Waals surface area contributed by atoms with Crippen molar-refractivity contribution < 1.29 is 5.11 Å². The second kappa shape index (κ2) is 7.51. The number of likely N-dealkylation sites (tertiary alicyclic amines) is 1. The van der Waals surface area contributed by atoms with E-state index in [9.17, 15) is 5.11 Å². The third-order valence-corrected chi connectivity index (χ3v) is 7.46. The van der Waals surface area contributed by atoms with E-state index in [-0.39, 0.29) is 6.04 Å². The molecule has 3 aromatic rings. The van der Waals surface area contributed by atoms with Crippen LogP contribution < -0.4 is 5.73 Å². The minimum Gasteiger partial charge on any atom is -0.391 e. The topological polar surface area (TPSA) is 93.1 Å². The number of aliphatic hydroxyl groups is 1. The van der Waals surface area contributed by atoms with Gasteiger partial charge in [0, 0.05) is 36.3 Å². The molecule has 29 heavy (non-hydrogen) atoms. The summed E-state index contributed by atoms with van der Waals surface area (Å²) in [5, 5.41) is 21.6. The van der Waals surface area contributed by atoms with Gasteiger partial charge >= 0.3 is 0 Å². The molecule has 8 heteroatoms. The average molecular weight is 411 g/mol. The van der Waals surface area contributed by atoms with Crippen LogP contribution >= 0.6 is 11.3 Å². The molecule has 0 bridgehead atoms. The van der Waals surface area contributed by atoms with Crippen molar-refractivity contribution in [3.8, 4) is 11.3 Å². The normalized spacial score (nSPS) is 27.2. The second-order valence-corrected chi connectivity index (χ2v) is 9.40. The van der Waals surface area contributed by atoms with Crippen molar-refractivity contribution in [2.75, 3.05) is 18.8 Å². The van der Waals surface area contributed by atoms with Crippen LogP contribution in [0.25, 0.3) is 11.3 Å². The lowest BCUT2D eigenvalue weighted by atomic mass is 9.77. The van der Waals surface area contributed by atoms with Crippen LogP contribution in [0.4, 0.5) is 5.82 Å². The van der Waals surface area contributed by atoms with Crippen LogP contribution in [0.5, 0.6) is 0 Å². The summed E-state index contributed by atoms with van der Waals surface area (Å²) in [5.74, 6) is 1.64. The van der Waals surface area contributed by atoms with Crippen molar-refractivity contribution in [1.29, 1.82) is 0 Å². The van der Waals surface area contributed by atoms with Gasteiger partial charge in [0.1, 0.15) is 11.5 Å². The summed E-state index contributed by atoms with van der Waals surface area (Å²) in [6.07, 6.45) is 5.00. The Morgan fingerprint density at radius 3 is 2.76 bits per heavy atom. The van der Waals surface area contributed by atoms with E-state index in [4.69, 9.17) is 5.73 Å². The number of thiophene rings is 1. The fraction of sp³-hybridized carbons (Fsp3) is 0.476. The lowest BCUT2D eigenvalue weighted by molar-refractivity contribution is 0.0298. The number of aryl methyl sites for hydroxylation is 1. The molecule has 0 aromatic carbocycles. The molecular weight excluding hydrogens is 384 g/mol. The van der Waals surface area contributed by atoms with E-state index in [1.54, 1.807) is 12.3 Å². The molecule has 2 aliphatic rings. The fourth-order valence-corrected chi connectivity index (χ4v) is 5.76. The van der Waals surface area contributed by atoms with Gasteiger partial charge in [-0.1, -0.05) is 5.21 Å². The minimum atomic E-state index is -0.390. The number of aliphatic hydroxyl groups excluding tert-OH is 1. The minimum absolute atomic E-state index is 0.0253. The quantitative estimate of drug-likeness (QED) is 0.687. The molecule has 1 saturated carbocycles. The highest BCUT2D eigenvalue weighted by molar-refractivity contribution is 7.10. The number of nitrogens with two attached hydrogens (primary N) is 1. The Balaban J connectivity index is 1.28. The van der Waals surface area contributed by atoms with E-state index in [1.165, 1.54) is 10.4 Å². The van der Waals surface area contributed by atoms with Crippen LogP contribution in [0, 0.1) is 18.8 Å². The Hall–Kier alpha value is -2.29. The molecule has 3 N–H and O–H groups in total. The highest BCUT2D eigenvalue weighted by Gasteiger charge is 2.42. The zero-order valence-electron chi connectivity index (χ0n) is 16.5. The maximum atomic E-state index is 10.8. The third kappa shape index (κ3) is 3.68. The number of anilines is 1. The Kier molecular flexibility index (Phi) is 4.85. The van der Waals surface area contributed by atoms with Crippen LogP contribution in [0.2, 0.25) is 0 Å². The molecule has 152 valence electrons. The van der Waals surface area contributed by atoms with E-state index in [0.29, 0.717) is 17.7 Å². The summed E-state index contributed by atoms with van der Waals surface area (Å²) in [4.78, 5) is 8.14. The lowest BCUT2D eigenvalue weighted by Gasteiger charge is -2.35. The summed E-state index contributed by atoms with van der Waals surface area (Å²) >= 11 is 1.84. The van der Waals surface area contributed by atoms with Crippen molar-refractivity contribution in [3.63, 3.8) is 0 Å². The molecule has 0 spiro atoms. The zero-order chi connectivity index (χ0) is 20.0. The van der Waals surface area contributed by atoms with Gasteiger partial charge < -0.3 is 10.8 Å². The highest BCUT2D eigenvalue weighted by atomic mass is 32.1. The first-order valence-electron chi connectivity index (χ1n) is 10.1. The van der Waals surface area contributed by atoms with Crippen molar-refractivity contribution in [2.24, 2.45) is 11.8 Å². The zero-order valence-corrected chi connectivity index (χ0v) is 17.3. The van der Waals surface area contributed by atoms with Crippen molar-refractivity contribution in [3.05, 3.63) is 46.4 Å². The van der Waals surface area contributed by atoms with E-state index < -0.39 is 6.10 Å². The highest BCUT2D eigenvalue weighted by Crippen LogP contribution is 2.42. The first kappa shape index (κ1) is 18.7. The molecule has 0 unspecified atom stereocenters. The van der Waals surface area contributed by atoms with E-state index in [0.717, 1.165) is 43.7 Å². The average Bonchev–Trinajstić information content (AvgIpc) is 3.42. The molecule has 4 atom stereocenters. The number of nitrogen functional groups attached to an aromatic ring is 1. The number of aromatic nitrogens is 4. The Labute approximate surface area is 174 Å². The number of fused-ring (bicyclic) bond motifs is 1. The SMILES string of the molecule is Cc1ccsc1CN1C[C@H]2C[C@@H](n3cc(-c4ccc(N)nc4)nn3)[C@H](O)C[C@H]2C1. The molecule has 0 amide bonds. The molecule has 7 nitrogen and oxygen atoms in total. The molecule has 1 aliphatic carbocycles. The van der Waals surface area contributed by atoms with Crippen molar-refractivity contribution >= 4 is 17.2 Å². The molecule has 1 aliphatic heterocycles. The van der Waals surface area contributed by atoms with Gasteiger partial charge in [-0.05, 0) is 60.7 Å². The van der Waals surface area contributed by atoms with Crippen molar-refractivity contribution in [2.45, 2.75) is 38.5 Å². The summed E-state index contributed by atoms with van der Waals surface area (Å²) in [7, 11) is 0. The van der Waals surface area contributed by atoms with E-state index in [2.05, 4.69) is 38.6 Å². The number of nitrogens with zero attached hydrogens (tertiary/aromatic N) is 5. The summed E-state index contributed by atoms with van der Waals surface area (Å²) in [6, 6.07) is 5.83. The van der Waals surface area contributed by atoms with Crippen LogP contribution in [0.15, 0.2) is 36.0 Å². The second-order valence-electron chi connectivity index (χ2n) is 8.40. The predicted octanol–water partition coefficient (Wildman–Crippen LogP) is 2.74. The van der Waals surface area contributed by atoms with Gasteiger partial charge in [0.2, 0.25) is 0 Å². The molecule has 1 saturated heterocycles. The molecule has 0 radical (unpaired) electrons. The molecule has 3 aromatic heterocycles. The third-order valence-electron chi connectivity index (χ3n) is 6.45. The van der Waals surface area contributed by atoms with Crippen molar-refractivity contribution in [1.82, 2.24) is 24.9 Å². The predicted molar refractivity (Wildman–Crippen MR) is 113 cm³/mol. The lowest BCUT2D eigenvalue weighted by Crippen LogP contribution is -2.36. The number of hydrogen-bond acceptors (Lipinski definition) is 7. The van der Waals surface area contributed by atoms with Gasteiger partial charge in [-0.2, -0.15) is 0 Å². The summed E-state index contributed by atoms with van der Waals surface area (Å²) in [6.45, 7) is 5.38. The largest absolute Gasteiger partial charge is 0.391 e. The molecule has 4 heterocycles. The van der Waals surface area contributed by atoms with Gasteiger partial charge in [0.15, 0.2) is 0 Å². The van der Waals surface area contributed by atoms with Gasteiger partial charge in [-0.15, -0.1) is 16.4 Å². The van der Waals surface area contributed by atoms with Crippen LogP contribution in [0.1, 0.15) is 29.3 Å². The van der Waals surface area contributed by atoms with Gasteiger partial charge in [0.05, 0.1) is 18.3 Å². The van der Waals surface area contributed by atoms with Crippen LogP contribution in [-0.4, -0.2) is 49.2 Å². The number of hydrogen-bond donors (Lipinski definition) is 2. The standard InChI is InChI=1S/C21H26N6OS/c1-13-4-5-29-20(13)12-26-9-15-6-18(19(28)7-16(15)10-26)27-11-17(24-25-27)14-2-3-21(22)23-8-14/h2-5,8,11,15-16,18-19,28H,6-7,9-10,12H2,1H3,(H2,22,23)/t15-,16+,18-,19-/m1/s1. The molecular formula is C21H26N6OS. The first-order chi connectivity index (χ1) is 14.1. The first-order valence-corrected chi connectivity index (χ1v) is 11.0.